The average molecular weight is 477 g/mol. The average Bonchev–Trinajstić information content (AvgIpc) is 3.28. The minimum Gasteiger partial charge on any atom is -0.495 e. The van der Waals surface area contributed by atoms with Gasteiger partial charge in [-0.1, -0.05) is 0 Å². The van der Waals surface area contributed by atoms with Crippen molar-refractivity contribution in [2.75, 3.05) is 26.9 Å². The van der Waals surface area contributed by atoms with Gasteiger partial charge < -0.3 is 14.2 Å². The predicted octanol–water partition coefficient (Wildman–Crippen LogP) is 3.56. The van der Waals surface area contributed by atoms with Crippen molar-refractivity contribution in [2.45, 2.75) is 19.0 Å². The molecule has 0 saturated heterocycles. The molecule has 1 aliphatic heterocycles. The zero-order chi connectivity index (χ0) is 24.2. The van der Waals surface area contributed by atoms with Crippen molar-refractivity contribution >= 4 is 17.1 Å². The molecule has 35 heavy (non-hydrogen) atoms. The molecular formula is C26H25FN4O4. The highest BCUT2D eigenvalue weighted by atomic mass is 19.1. The highest BCUT2D eigenvalue weighted by molar-refractivity contribution is 5.81. The van der Waals surface area contributed by atoms with E-state index in [0.29, 0.717) is 31.0 Å². The van der Waals surface area contributed by atoms with Gasteiger partial charge in [-0.2, -0.15) is 5.10 Å². The number of dihydropyridines is 1. The summed E-state index contributed by atoms with van der Waals surface area (Å²) in [5.41, 5.74) is 1.42. The number of hydrogen-bond acceptors (Lipinski definition) is 6. The Morgan fingerprint density at radius 2 is 2.00 bits per heavy atom. The molecule has 1 aliphatic carbocycles. The lowest BCUT2D eigenvalue weighted by Gasteiger charge is -2.23. The van der Waals surface area contributed by atoms with Crippen molar-refractivity contribution in [3.05, 3.63) is 94.1 Å². The Kier molecular flexibility index (Phi) is 6.58. The fourth-order valence-electron chi connectivity index (χ4n) is 4.08. The fourth-order valence-corrected chi connectivity index (χ4v) is 4.08. The molecular weight excluding hydrogens is 451 g/mol. The number of nitrogens with zero attached hydrogens (tertiary/aromatic N) is 4. The molecule has 2 aliphatic rings. The number of fused-ring (bicyclic) bond motifs is 2. The van der Waals surface area contributed by atoms with Gasteiger partial charge in [0.15, 0.2) is 5.82 Å². The summed E-state index contributed by atoms with van der Waals surface area (Å²) in [7, 11) is 1.63. The van der Waals surface area contributed by atoms with Crippen molar-refractivity contribution in [1.29, 1.82) is 0 Å². The molecule has 8 nitrogen and oxygen atoms in total. The molecule has 180 valence electrons. The summed E-state index contributed by atoms with van der Waals surface area (Å²) < 4.78 is 33.6. The molecule has 0 N–H and O–H groups in total. The number of methoxy groups -OCH3 is 1. The monoisotopic (exact) mass is 476 g/mol. The highest BCUT2D eigenvalue weighted by Crippen LogP contribution is 2.27. The molecule has 1 aromatic carbocycles. The van der Waals surface area contributed by atoms with Crippen LogP contribution in [0.25, 0.3) is 16.7 Å². The van der Waals surface area contributed by atoms with E-state index in [2.05, 4.69) is 10.1 Å². The number of aliphatic imine (C=N–C) groups is 1. The molecule has 9 heteroatoms. The second kappa shape index (κ2) is 10.1. The first-order chi connectivity index (χ1) is 17.1. The van der Waals surface area contributed by atoms with Crippen molar-refractivity contribution in [2.24, 2.45) is 4.99 Å². The number of aromatic nitrogens is 3. The zero-order valence-corrected chi connectivity index (χ0v) is 19.3. The second-order valence-electron chi connectivity index (χ2n) is 8.09. The van der Waals surface area contributed by atoms with Crippen LogP contribution in [0, 0.1) is 5.82 Å². The standard InChI is InChI=1S/C26H25FN4O4/c1-33-14-15-34-20-4-5-21-22(17-20)28-10-8-24(21)35-13-12-31-26(32)7-6-25(29-31)30-11-9-18-2-3-19(27)16-23(18)30/h2-7,9-11,16-17,22H,8,12-15H2,1H3. The van der Waals surface area contributed by atoms with Gasteiger partial charge in [-0.25, -0.2) is 9.07 Å². The van der Waals surface area contributed by atoms with E-state index in [0.717, 1.165) is 22.5 Å². The maximum absolute atomic E-state index is 13.8. The highest BCUT2D eigenvalue weighted by Gasteiger charge is 2.22. The molecule has 1 unspecified atom stereocenters. The van der Waals surface area contributed by atoms with Crippen LogP contribution in [0.15, 0.2) is 87.7 Å². The smallest absolute Gasteiger partial charge is 0.266 e. The van der Waals surface area contributed by atoms with Crippen LogP contribution in [0.1, 0.15) is 6.42 Å². The number of allylic oxidation sites excluding steroid dienone is 2. The molecule has 2 aromatic heterocycles. The first kappa shape index (κ1) is 22.8. The molecule has 0 saturated carbocycles. The fraction of sp³-hybridized carbons (Fsp3) is 0.269. The minimum absolute atomic E-state index is 0.159. The lowest BCUT2D eigenvalue weighted by atomic mass is 9.97. The SMILES string of the molecule is COCCOC1=CC2N=CCC(OCCn3nc(-n4ccc5ccc(F)cc54)ccc3=O)=C2C=C1. The van der Waals surface area contributed by atoms with Gasteiger partial charge in [-0.3, -0.25) is 14.4 Å². The summed E-state index contributed by atoms with van der Waals surface area (Å²) >= 11 is 0. The van der Waals surface area contributed by atoms with Crippen LogP contribution in [0.2, 0.25) is 0 Å². The van der Waals surface area contributed by atoms with Gasteiger partial charge in [0.25, 0.3) is 5.56 Å². The van der Waals surface area contributed by atoms with E-state index >= 15 is 0 Å². The summed E-state index contributed by atoms with van der Waals surface area (Å²) in [5.74, 6) is 1.76. The van der Waals surface area contributed by atoms with Gasteiger partial charge in [0.05, 0.1) is 24.7 Å². The molecule has 0 spiro atoms. The second-order valence-corrected chi connectivity index (χ2v) is 8.09. The summed E-state index contributed by atoms with van der Waals surface area (Å²) in [6.07, 6.45) is 10.0. The number of hydrogen-bond donors (Lipinski definition) is 0. The molecule has 0 fully saturated rings. The van der Waals surface area contributed by atoms with Gasteiger partial charge in [0, 0.05) is 43.0 Å². The van der Waals surface area contributed by atoms with E-state index in [1.54, 1.807) is 23.8 Å². The lowest BCUT2D eigenvalue weighted by molar-refractivity contribution is 0.114. The molecule has 5 rings (SSSR count). The maximum Gasteiger partial charge on any atom is 0.266 e. The summed E-state index contributed by atoms with van der Waals surface area (Å²) in [6, 6.07) is 9.38. The third-order valence-electron chi connectivity index (χ3n) is 5.82. The Morgan fingerprint density at radius 3 is 2.89 bits per heavy atom. The summed E-state index contributed by atoms with van der Waals surface area (Å²) in [6.45, 7) is 1.53. The van der Waals surface area contributed by atoms with Gasteiger partial charge >= 0.3 is 0 Å². The van der Waals surface area contributed by atoms with Crippen LogP contribution in [0.3, 0.4) is 0 Å². The van der Waals surface area contributed by atoms with Crippen molar-refractivity contribution in [3.8, 4) is 5.82 Å². The minimum atomic E-state index is -0.330. The van der Waals surface area contributed by atoms with Gasteiger partial charge in [0.2, 0.25) is 0 Å². The van der Waals surface area contributed by atoms with E-state index < -0.39 is 0 Å². The van der Waals surface area contributed by atoms with Crippen LogP contribution in [-0.4, -0.2) is 53.5 Å². The Labute approximate surface area is 201 Å². The molecule has 0 amide bonds. The van der Waals surface area contributed by atoms with Crippen molar-refractivity contribution in [3.63, 3.8) is 0 Å². The third-order valence-corrected chi connectivity index (χ3v) is 5.82. The van der Waals surface area contributed by atoms with Gasteiger partial charge in [-0.15, -0.1) is 0 Å². The number of rotatable bonds is 9. The summed E-state index contributed by atoms with van der Waals surface area (Å²) in [4.78, 5) is 16.9. The maximum atomic E-state index is 13.8. The van der Waals surface area contributed by atoms with Crippen molar-refractivity contribution in [1.82, 2.24) is 14.3 Å². The first-order valence-corrected chi connectivity index (χ1v) is 11.4. The van der Waals surface area contributed by atoms with E-state index in [-0.39, 0.29) is 30.6 Å². The topological polar surface area (TPSA) is 79.9 Å². The number of halogens is 1. The Morgan fingerprint density at radius 1 is 1.09 bits per heavy atom. The van der Waals surface area contributed by atoms with E-state index in [4.69, 9.17) is 14.2 Å². The Hall–Kier alpha value is -3.98. The lowest BCUT2D eigenvalue weighted by Crippen LogP contribution is -2.26. The molecule has 0 bridgehead atoms. The molecule has 1 atom stereocenters. The number of ether oxygens (including phenoxy) is 3. The third kappa shape index (κ3) is 4.95. The van der Waals surface area contributed by atoms with E-state index in [9.17, 15) is 9.18 Å². The van der Waals surface area contributed by atoms with Crippen LogP contribution in [-0.2, 0) is 20.8 Å². The van der Waals surface area contributed by atoms with E-state index in [1.807, 2.05) is 36.7 Å². The first-order valence-electron chi connectivity index (χ1n) is 11.4. The Bertz CT molecular complexity index is 1420. The van der Waals surface area contributed by atoms with Gasteiger partial charge in [-0.05, 0) is 48.6 Å². The Balaban J connectivity index is 1.28. The van der Waals surface area contributed by atoms with Crippen LogP contribution in [0.5, 0.6) is 0 Å². The molecule has 3 heterocycles. The normalized spacial score (nSPS) is 17.0. The predicted molar refractivity (Wildman–Crippen MR) is 130 cm³/mol. The van der Waals surface area contributed by atoms with E-state index in [1.165, 1.54) is 22.9 Å². The van der Waals surface area contributed by atoms with Crippen LogP contribution in [0.4, 0.5) is 4.39 Å². The van der Waals surface area contributed by atoms with Crippen LogP contribution >= 0.6 is 0 Å². The van der Waals surface area contributed by atoms with Crippen LogP contribution < -0.4 is 5.56 Å². The summed E-state index contributed by atoms with van der Waals surface area (Å²) in [5, 5.41) is 5.36. The quantitative estimate of drug-likeness (QED) is 0.442. The van der Waals surface area contributed by atoms with Crippen molar-refractivity contribution < 1.29 is 18.6 Å². The molecule has 3 aromatic rings. The zero-order valence-electron chi connectivity index (χ0n) is 19.3. The largest absolute Gasteiger partial charge is 0.495 e. The molecule has 0 radical (unpaired) electrons. The van der Waals surface area contributed by atoms with Gasteiger partial charge in [0.1, 0.15) is 30.5 Å². The number of benzene rings is 1.